The Morgan fingerprint density at radius 2 is 2.15 bits per heavy atom. The van der Waals surface area contributed by atoms with Gasteiger partial charge in [-0.1, -0.05) is 0 Å². The molecule has 3 N–H and O–H groups in total. The summed E-state index contributed by atoms with van der Waals surface area (Å²) in [5, 5.41) is 20.6. The average molecular weight is 284 g/mol. The van der Waals surface area contributed by atoms with Crippen molar-refractivity contribution in [1.29, 1.82) is 0 Å². The van der Waals surface area contributed by atoms with Crippen LogP contribution >= 0.6 is 0 Å². The van der Waals surface area contributed by atoms with Crippen molar-refractivity contribution in [3.63, 3.8) is 0 Å². The van der Waals surface area contributed by atoms with Crippen LogP contribution in [0.15, 0.2) is 12.5 Å². The van der Waals surface area contributed by atoms with Gasteiger partial charge in [0.2, 0.25) is 0 Å². The van der Waals surface area contributed by atoms with E-state index in [4.69, 9.17) is 5.11 Å². The summed E-state index contributed by atoms with van der Waals surface area (Å²) in [6, 6.07) is -0.303. The zero-order valence-electron chi connectivity index (χ0n) is 11.8. The number of carbonyl (C=O) groups excluding carboxylic acids is 1. The molecule has 112 valence electrons. The van der Waals surface area contributed by atoms with Gasteiger partial charge in [-0.15, -0.1) is 0 Å². The number of nitrogens with one attached hydrogen (secondary N) is 1. The fourth-order valence-electron chi connectivity index (χ4n) is 1.38. The molecular weight excluding hydrogens is 264 g/mol. The second-order valence-electron chi connectivity index (χ2n) is 5.06. The standard InChI is InChI=1S/C12H20N4O4/c1-12(2,7-17)15(3)11(20)13-4-5-16-6-9(10(18)19)14-8-16/h6,8,17H,4-5,7H2,1-3H3,(H,13,20)(H,18,19). The van der Waals surface area contributed by atoms with Gasteiger partial charge in [0, 0.05) is 26.3 Å². The van der Waals surface area contributed by atoms with Crippen LogP contribution in [0, 0.1) is 0 Å². The third kappa shape index (κ3) is 3.95. The molecule has 8 heteroatoms. The maximum Gasteiger partial charge on any atom is 0.356 e. The van der Waals surface area contributed by atoms with Crippen LogP contribution < -0.4 is 5.32 Å². The van der Waals surface area contributed by atoms with E-state index in [1.54, 1.807) is 25.5 Å². The van der Waals surface area contributed by atoms with Gasteiger partial charge in [-0.3, -0.25) is 0 Å². The van der Waals surface area contributed by atoms with Gasteiger partial charge in [0.1, 0.15) is 0 Å². The van der Waals surface area contributed by atoms with E-state index < -0.39 is 11.5 Å². The molecule has 20 heavy (non-hydrogen) atoms. The Morgan fingerprint density at radius 3 is 2.65 bits per heavy atom. The predicted molar refractivity (Wildman–Crippen MR) is 71.5 cm³/mol. The molecule has 0 aliphatic heterocycles. The molecule has 1 rings (SSSR count). The molecule has 1 heterocycles. The van der Waals surface area contributed by atoms with Crippen LogP contribution in [-0.2, 0) is 6.54 Å². The lowest BCUT2D eigenvalue weighted by Crippen LogP contribution is -2.52. The van der Waals surface area contributed by atoms with E-state index in [2.05, 4.69) is 10.3 Å². The summed E-state index contributed by atoms with van der Waals surface area (Å²) in [5.74, 6) is -1.09. The first kappa shape index (κ1) is 16.0. The van der Waals surface area contributed by atoms with Crippen molar-refractivity contribution in [2.45, 2.75) is 25.9 Å². The third-order valence-electron chi connectivity index (χ3n) is 3.10. The maximum absolute atomic E-state index is 11.8. The highest BCUT2D eigenvalue weighted by Crippen LogP contribution is 2.10. The Morgan fingerprint density at radius 1 is 1.50 bits per heavy atom. The Balaban J connectivity index is 2.44. The first-order chi connectivity index (χ1) is 9.27. The Bertz CT molecular complexity index is 484. The molecule has 0 saturated carbocycles. The van der Waals surface area contributed by atoms with Crippen LogP contribution in [0.4, 0.5) is 4.79 Å². The fraction of sp³-hybridized carbons (Fsp3) is 0.583. The summed E-state index contributed by atoms with van der Waals surface area (Å²) < 4.78 is 1.58. The number of likely N-dealkylation sites (N-methyl/N-ethyl adjacent to an activating group) is 1. The first-order valence-electron chi connectivity index (χ1n) is 6.15. The third-order valence-corrected chi connectivity index (χ3v) is 3.10. The SMILES string of the molecule is CN(C(=O)NCCn1cnc(C(=O)O)c1)C(C)(C)CO. The molecule has 2 amide bonds. The number of urea groups is 1. The summed E-state index contributed by atoms with van der Waals surface area (Å²) in [6.07, 6.45) is 2.80. The molecule has 0 atom stereocenters. The van der Waals surface area contributed by atoms with Crippen molar-refractivity contribution in [1.82, 2.24) is 19.8 Å². The molecular formula is C12H20N4O4. The van der Waals surface area contributed by atoms with Crippen LogP contribution in [-0.4, -0.2) is 62.4 Å². The van der Waals surface area contributed by atoms with Crippen LogP contribution in [0.2, 0.25) is 0 Å². The van der Waals surface area contributed by atoms with Gasteiger partial charge in [0.25, 0.3) is 0 Å². The highest BCUT2D eigenvalue weighted by Gasteiger charge is 2.26. The number of nitrogens with zero attached hydrogens (tertiary/aromatic N) is 3. The molecule has 0 bridgehead atoms. The fourth-order valence-corrected chi connectivity index (χ4v) is 1.38. The van der Waals surface area contributed by atoms with Gasteiger partial charge in [0.15, 0.2) is 5.69 Å². The van der Waals surface area contributed by atoms with Crippen molar-refractivity contribution >= 4 is 12.0 Å². The molecule has 0 radical (unpaired) electrons. The molecule has 0 unspecified atom stereocenters. The number of hydrogen-bond donors (Lipinski definition) is 3. The van der Waals surface area contributed by atoms with Gasteiger partial charge in [-0.2, -0.15) is 0 Å². The monoisotopic (exact) mass is 284 g/mol. The summed E-state index contributed by atoms with van der Waals surface area (Å²) in [4.78, 5) is 27.6. The first-order valence-corrected chi connectivity index (χ1v) is 6.15. The lowest BCUT2D eigenvalue weighted by Gasteiger charge is -2.33. The molecule has 0 spiro atoms. The van der Waals surface area contributed by atoms with E-state index in [0.29, 0.717) is 13.1 Å². The number of hydrogen-bond acceptors (Lipinski definition) is 4. The number of aliphatic hydroxyl groups is 1. The van der Waals surface area contributed by atoms with Gasteiger partial charge >= 0.3 is 12.0 Å². The molecule has 1 aromatic rings. The van der Waals surface area contributed by atoms with Crippen molar-refractivity contribution in [2.24, 2.45) is 0 Å². The number of amides is 2. The molecule has 0 aliphatic rings. The number of imidazole rings is 1. The van der Waals surface area contributed by atoms with Crippen molar-refractivity contribution in [3.05, 3.63) is 18.2 Å². The Kier molecular flexibility index (Phi) is 5.09. The number of carbonyl (C=O) groups is 2. The van der Waals surface area contributed by atoms with E-state index in [-0.39, 0.29) is 18.3 Å². The van der Waals surface area contributed by atoms with Crippen LogP contribution in [0.1, 0.15) is 24.3 Å². The molecule has 0 fully saturated rings. The maximum atomic E-state index is 11.8. The number of rotatable bonds is 6. The highest BCUT2D eigenvalue weighted by molar-refractivity contribution is 5.84. The molecule has 0 saturated heterocycles. The van der Waals surface area contributed by atoms with Crippen LogP contribution in [0.3, 0.4) is 0 Å². The minimum Gasteiger partial charge on any atom is -0.476 e. The minimum atomic E-state index is -1.09. The number of carboxylic acid groups (broad SMARTS) is 1. The summed E-state index contributed by atoms with van der Waals surface area (Å²) >= 11 is 0. The molecule has 0 aromatic carbocycles. The van der Waals surface area contributed by atoms with Gasteiger partial charge in [0.05, 0.1) is 18.5 Å². The Labute approximate surface area is 117 Å². The smallest absolute Gasteiger partial charge is 0.356 e. The molecule has 0 aliphatic carbocycles. The normalized spacial score (nSPS) is 11.2. The summed E-state index contributed by atoms with van der Waals surface area (Å²) in [5.41, 5.74) is -0.676. The number of aromatic carboxylic acids is 1. The van der Waals surface area contributed by atoms with Gasteiger partial charge in [-0.05, 0) is 13.8 Å². The van der Waals surface area contributed by atoms with E-state index in [1.165, 1.54) is 17.4 Å². The van der Waals surface area contributed by atoms with Gasteiger partial charge < -0.3 is 25.0 Å². The van der Waals surface area contributed by atoms with Crippen molar-refractivity contribution in [2.75, 3.05) is 20.2 Å². The van der Waals surface area contributed by atoms with E-state index >= 15 is 0 Å². The van der Waals surface area contributed by atoms with Crippen LogP contribution in [0.25, 0.3) is 0 Å². The molecule has 8 nitrogen and oxygen atoms in total. The highest BCUT2D eigenvalue weighted by atomic mass is 16.4. The zero-order chi connectivity index (χ0) is 15.3. The van der Waals surface area contributed by atoms with E-state index in [9.17, 15) is 14.7 Å². The number of aromatic nitrogens is 2. The minimum absolute atomic E-state index is 0.0325. The van der Waals surface area contributed by atoms with E-state index in [0.717, 1.165) is 0 Å². The number of carboxylic acids is 1. The Hall–Kier alpha value is -2.09. The molecule has 1 aromatic heterocycles. The largest absolute Gasteiger partial charge is 0.476 e. The van der Waals surface area contributed by atoms with Crippen molar-refractivity contribution < 1.29 is 19.8 Å². The lowest BCUT2D eigenvalue weighted by molar-refractivity contribution is 0.0691. The van der Waals surface area contributed by atoms with Crippen molar-refractivity contribution in [3.8, 4) is 0 Å². The summed E-state index contributed by atoms with van der Waals surface area (Å²) in [6.45, 7) is 4.11. The van der Waals surface area contributed by atoms with E-state index in [1.807, 2.05) is 0 Å². The topological polar surface area (TPSA) is 108 Å². The second kappa shape index (κ2) is 6.38. The predicted octanol–water partition coefficient (Wildman–Crippen LogP) is -0.00640. The quantitative estimate of drug-likeness (QED) is 0.681. The average Bonchev–Trinajstić information content (AvgIpc) is 2.86. The zero-order valence-corrected chi connectivity index (χ0v) is 11.8. The lowest BCUT2D eigenvalue weighted by atomic mass is 10.1. The summed E-state index contributed by atoms with van der Waals surface area (Å²) in [7, 11) is 1.60. The second-order valence-corrected chi connectivity index (χ2v) is 5.06. The number of aliphatic hydroxyl groups excluding tert-OH is 1. The van der Waals surface area contributed by atoms with Crippen LogP contribution in [0.5, 0.6) is 0 Å². The van der Waals surface area contributed by atoms with Gasteiger partial charge in [-0.25, -0.2) is 14.6 Å².